The summed E-state index contributed by atoms with van der Waals surface area (Å²) in [7, 11) is -3.82. The molecule has 0 bridgehead atoms. The molecule has 9 heteroatoms. The topological polar surface area (TPSA) is 102 Å². The second kappa shape index (κ2) is 8.38. The van der Waals surface area contributed by atoms with E-state index in [2.05, 4.69) is 10.3 Å². The van der Waals surface area contributed by atoms with Crippen LogP contribution in [0.3, 0.4) is 0 Å². The third-order valence-electron chi connectivity index (χ3n) is 4.45. The molecule has 0 atom stereocenters. The number of nitrogens with one attached hydrogen (secondary N) is 1. The van der Waals surface area contributed by atoms with Gasteiger partial charge in [-0.1, -0.05) is 41.7 Å². The van der Waals surface area contributed by atoms with E-state index in [0.29, 0.717) is 32.4 Å². The first-order valence-corrected chi connectivity index (χ1v) is 11.4. The van der Waals surface area contributed by atoms with Crippen LogP contribution in [0.4, 0.5) is 9.52 Å². The van der Waals surface area contributed by atoms with Crippen molar-refractivity contribution in [2.75, 3.05) is 5.32 Å². The Labute approximate surface area is 182 Å². The summed E-state index contributed by atoms with van der Waals surface area (Å²) in [5, 5.41) is 8.32. The van der Waals surface area contributed by atoms with Gasteiger partial charge >= 0.3 is 0 Å². The Morgan fingerprint density at radius 2 is 1.52 bits per heavy atom. The zero-order valence-electron chi connectivity index (χ0n) is 15.9. The summed E-state index contributed by atoms with van der Waals surface area (Å²) in [6.45, 7) is 0. The lowest BCUT2D eigenvalue weighted by molar-refractivity contribution is 0.102. The van der Waals surface area contributed by atoms with E-state index in [4.69, 9.17) is 5.14 Å². The Balaban J connectivity index is 1.75. The monoisotopic (exact) mass is 453 g/mol. The molecule has 6 nitrogen and oxygen atoms in total. The molecule has 0 saturated heterocycles. The van der Waals surface area contributed by atoms with Crippen LogP contribution < -0.4 is 10.5 Å². The van der Waals surface area contributed by atoms with Crippen molar-refractivity contribution >= 4 is 32.4 Å². The molecule has 3 N–H and O–H groups in total. The van der Waals surface area contributed by atoms with Crippen LogP contribution in [0.2, 0.25) is 0 Å². The third-order valence-corrected chi connectivity index (χ3v) is 6.40. The third kappa shape index (κ3) is 4.69. The van der Waals surface area contributed by atoms with Gasteiger partial charge in [0, 0.05) is 11.1 Å². The molecule has 0 fully saturated rings. The van der Waals surface area contributed by atoms with Crippen LogP contribution in [-0.2, 0) is 10.0 Å². The molecule has 3 aromatic carbocycles. The van der Waals surface area contributed by atoms with Gasteiger partial charge in [0.1, 0.15) is 5.82 Å². The average Bonchev–Trinajstić information content (AvgIpc) is 3.18. The molecule has 0 aliphatic carbocycles. The number of amides is 1. The van der Waals surface area contributed by atoms with Gasteiger partial charge in [0.25, 0.3) is 5.91 Å². The standard InChI is InChI=1S/C22H16FN3O3S2/c23-17-10-6-14(7-11-17)19-20(15-8-12-18(13-9-15)31(24,28)29)30-22(25-19)26-21(27)16-4-2-1-3-5-16/h1-13H,(H2,24,28,29)(H,25,26,27). The van der Waals surface area contributed by atoms with E-state index in [-0.39, 0.29) is 16.6 Å². The number of halogens is 1. The van der Waals surface area contributed by atoms with Gasteiger partial charge in [0.2, 0.25) is 10.0 Å². The predicted octanol–water partition coefficient (Wildman–Crippen LogP) is 4.52. The smallest absolute Gasteiger partial charge is 0.257 e. The highest BCUT2D eigenvalue weighted by atomic mass is 32.2. The van der Waals surface area contributed by atoms with Crippen molar-refractivity contribution in [3.05, 3.63) is 90.2 Å². The van der Waals surface area contributed by atoms with E-state index < -0.39 is 10.0 Å². The summed E-state index contributed by atoms with van der Waals surface area (Å²) in [5.41, 5.74) is 2.37. The first kappa shape index (κ1) is 20.9. The second-order valence-electron chi connectivity index (χ2n) is 6.59. The molecule has 0 unspecified atom stereocenters. The number of rotatable bonds is 5. The summed E-state index contributed by atoms with van der Waals surface area (Å²) in [5.74, 6) is -0.688. The van der Waals surface area contributed by atoms with Crippen LogP contribution in [0.1, 0.15) is 10.4 Å². The molecule has 0 spiro atoms. The van der Waals surface area contributed by atoms with E-state index in [1.54, 1.807) is 48.5 Å². The lowest BCUT2D eigenvalue weighted by Crippen LogP contribution is -2.11. The van der Waals surface area contributed by atoms with Crippen molar-refractivity contribution in [2.45, 2.75) is 4.90 Å². The van der Waals surface area contributed by atoms with Crippen molar-refractivity contribution < 1.29 is 17.6 Å². The van der Waals surface area contributed by atoms with Crippen LogP contribution >= 0.6 is 11.3 Å². The van der Waals surface area contributed by atoms with Crippen LogP contribution in [0, 0.1) is 5.82 Å². The maximum atomic E-state index is 13.4. The van der Waals surface area contributed by atoms with Crippen molar-refractivity contribution in [3.8, 4) is 21.7 Å². The van der Waals surface area contributed by atoms with Crippen LogP contribution in [0.5, 0.6) is 0 Å². The van der Waals surface area contributed by atoms with Crippen LogP contribution in [0.25, 0.3) is 21.7 Å². The molecule has 4 rings (SSSR count). The maximum Gasteiger partial charge on any atom is 0.257 e. The van der Waals surface area contributed by atoms with Gasteiger partial charge in [-0.05, 0) is 54.1 Å². The van der Waals surface area contributed by atoms with E-state index in [9.17, 15) is 17.6 Å². The molecule has 0 saturated carbocycles. The Morgan fingerprint density at radius 1 is 0.903 bits per heavy atom. The Morgan fingerprint density at radius 3 is 2.13 bits per heavy atom. The SMILES string of the molecule is NS(=O)(=O)c1ccc(-c2sc(NC(=O)c3ccccc3)nc2-c2ccc(F)cc2)cc1. The molecule has 31 heavy (non-hydrogen) atoms. The second-order valence-corrected chi connectivity index (χ2v) is 9.15. The lowest BCUT2D eigenvalue weighted by atomic mass is 10.1. The van der Waals surface area contributed by atoms with Gasteiger partial charge < -0.3 is 0 Å². The number of primary sulfonamides is 1. The predicted molar refractivity (Wildman–Crippen MR) is 119 cm³/mol. The number of thiazole rings is 1. The molecular formula is C22H16FN3O3S2. The molecular weight excluding hydrogens is 437 g/mol. The minimum absolute atomic E-state index is 0.0123. The Hall–Kier alpha value is -3.40. The van der Waals surface area contributed by atoms with Gasteiger partial charge in [-0.2, -0.15) is 0 Å². The zero-order valence-corrected chi connectivity index (χ0v) is 17.6. The maximum absolute atomic E-state index is 13.4. The fraction of sp³-hybridized carbons (Fsp3) is 0. The highest BCUT2D eigenvalue weighted by Gasteiger charge is 2.18. The van der Waals surface area contributed by atoms with E-state index in [1.165, 1.54) is 35.6 Å². The fourth-order valence-corrected chi connectivity index (χ4v) is 4.43. The summed E-state index contributed by atoms with van der Waals surface area (Å²) < 4.78 is 36.5. The highest BCUT2D eigenvalue weighted by Crippen LogP contribution is 2.39. The van der Waals surface area contributed by atoms with Gasteiger partial charge in [0.15, 0.2) is 5.13 Å². The lowest BCUT2D eigenvalue weighted by Gasteiger charge is -2.04. The summed E-state index contributed by atoms with van der Waals surface area (Å²) in [6.07, 6.45) is 0. The van der Waals surface area contributed by atoms with E-state index in [1.807, 2.05) is 6.07 Å². The molecule has 1 heterocycles. The molecule has 1 aromatic heterocycles. The summed E-state index contributed by atoms with van der Waals surface area (Å²) >= 11 is 1.23. The number of hydrogen-bond donors (Lipinski definition) is 2. The number of carbonyl (C=O) groups excluding carboxylic acids is 1. The number of benzene rings is 3. The van der Waals surface area contributed by atoms with Crippen LogP contribution in [0.15, 0.2) is 83.8 Å². The molecule has 0 aliphatic rings. The van der Waals surface area contributed by atoms with Crippen molar-refractivity contribution in [3.63, 3.8) is 0 Å². The quantitative estimate of drug-likeness (QED) is 0.464. The van der Waals surface area contributed by atoms with Crippen molar-refractivity contribution in [2.24, 2.45) is 5.14 Å². The number of hydrogen-bond acceptors (Lipinski definition) is 5. The van der Waals surface area contributed by atoms with Crippen molar-refractivity contribution in [1.29, 1.82) is 0 Å². The number of anilines is 1. The zero-order chi connectivity index (χ0) is 22.0. The van der Waals surface area contributed by atoms with Gasteiger partial charge in [-0.25, -0.2) is 22.9 Å². The fourth-order valence-electron chi connectivity index (χ4n) is 2.93. The number of nitrogens with two attached hydrogens (primary N) is 1. The molecule has 0 aliphatic heterocycles. The van der Waals surface area contributed by atoms with E-state index >= 15 is 0 Å². The minimum atomic E-state index is -3.82. The minimum Gasteiger partial charge on any atom is -0.298 e. The molecule has 156 valence electrons. The normalized spacial score (nSPS) is 11.3. The van der Waals surface area contributed by atoms with Crippen molar-refractivity contribution in [1.82, 2.24) is 4.98 Å². The van der Waals surface area contributed by atoms with Gasteiger partial charge in [0.05, 0.1) is 15.5 Å². The molecule has 4 aromatic rings. The average molecular weight is 454 g/mol. The number of aromatic nitrogens is 1. The van der Waals surface area contributed by atoms with Gasteiger partial charge in [-0.3, -0.25) is 10.1 Å². The Bertz CT molecular complexity index is 1340. The Kier molecular flexibility index (Phi) is 5.64. The van der Waals surface area contributed by atoms with E-state index in [0.717, 1.165) is 0 Å². The van der Waals surface area contributed by atoms with Gasteiger partial charge in [-0.15, -0.1) is 0 Å². The summed E-state index contributed by atoms with van der Waals surface area (Å²) in [6, 6.07) is 20.6. The van der Waals surface area contributed by atoms with Crippen LogP contribution in [-0.4, -0.2) is 19.3 Å². The number of sulfonamides is 1. The number of carbonyl (C=O) groups is 1. The first-order valence-electron chi connectivity index (χ1n) is 9.08. The first-order chi connectivity index (χ1) is 14.8. The molecule has 0 radical (unpaired) electrons. The highest BCUT2D eigenvalue weighted by molar-refractivity contribution is 7.89. The molecule has 1 amide bonds. The largest absolute Gasteiger partial charge is 0.298 e. The summed E-state index contributed by atoms with van der Waals surface area (Å²) in [4.78, 5) is 17.8. The number of nitrogens with zero attached hydrogens (tertiary/aromatic N) is 1.